The van der Waals surface area contributed by atoms with Crippen LogP contribution in [0.1, 0.15) is 31.2 Å². The molecule has 0 N–H and O–H groups in total. The van der Waals surface area contributed by atoms with E-state index in [1.165, 1.54) is 6.07 Å². The van der Waals surface area contributed by atoms with Crippen LogP contribution in [0.25, 0.3) is 0 Å². The summed E-state index contributed by atoms with van der Waals surface area (Å²) < 4.78 is 39.7. The van der Waals surface area contributed by atoms with Gasteiger partial charge in [-0.25, -0.2) is 9.67 Å². The van der Waals surface area contributed by atoms with Gasteiger partial charge in [0, 0.05) is 38.9 Å². The maximum Gasteiger partial charge on any atom is 0.417 e. The van der Waals surface area contributed by atoms with Crippen molar-refractivity contribution >= 4 is 5.82 Å². The fourth-order valence-electron chi connectivity index (χ4n) is 2.89. The molecule has 7 nitrogen and oxygen atoms in total. The average Bonchev–Trinajstić information content (AvgIpc) is 3.07. The van der Waals surface area contributed by atoms with Crippen LogP contribution in [0.2, 0.25) is 0 Å². The first-order valence-corrected chi connectivity index (χ1v) is 8.73. The Morgan fingerprint density at radius 1 is 1.12 bits per heavy atom. The van der Waals surface area contributed by atoms with E-state index in [1.807, 2.05) is 9.58 Å². The van der Waals surface area contributed by atoms with Crippen molar-refractivity contribution in [2.24, 2.45) is 0 Å². The zero-order valence-electron chi connectivity index (χ0n) is 14.7. The molecule has 1 fully saturated rings. The maximum absolute atomic E-state index is 12.6. The molecule has 0 saturated carbocycles. The summed E-state index contributed by atoms with van der Waals surface area (Å²) in [5, 5.41) is 11.9. The van der Waals surface area contributed by atoms with E-state index in [-0.39, 0.29) is 0 Å². The molecule has 26 heavy (non-hydrogen) atoms. The topological polar surface area (TPSA) is 63.0 Å². The van der Waals surface area contributed by atoms with E-state index in [0.29, 0.717) is 25.5 Å². The second-order valence-corrected chi connectivity index (χ2v) is 6.34. The summed E-state index contributed by atoms with van der Waals surface area (Å²) in [6.45, 7) is 6.58. The van der Waals surface area contributed by atoms with Gasteiger partial charge in [0.2, 0.25) is 0 Å². The fourth-order valence-corrected chi connectivity index (χ4v) is 2.89. The summed E-state index contributed by atoms with van der Waals surface area (Å²) >= 11 is 0. The van der Waals surface area contributed by atoms with Gasteiger partial charge < -0.3 is 4.90 Å². The Bertz CT molecular complexity index is 691. The Morgan fingerprint density at radius 2 is 1.88 bits per heavy atom. The summed E-state index contributed by atoms with van der Waals surface area (Å²) in [5.41, 5.74) is -0.723. The van der Waals surface area contributed by atoms with E-state index < -0.39 is 11.7 Å². The van der Waals surface area contributed by atoms with Gasteiger partial charge in [-0.2, -0.15) is 13.2 Å². The van der Waals surface area contributed by atoms with Crippen molar-refractivity contribution in [1.82, 2.24) is 30.1 Å². The highest BCUT2D eigenvalue weighted by Gasteiger charge is 2.31. The van der Waals surface area contributed by atoms with Crippen LogP contribution in [0.4, 0.5) is 19.0 Å². The largest absolute Gasteiger partial charge is 0.417 e. The van der Waals surface area contributed by atoms with Gasteiger partial charge in [0.25, 0.3) is 0 Å². The van der Waals surface area contributed by atoms with Crippen molar-refractivity contribution in [3.63, 3.8) is 0 Å². The third-order valence-corrected chi connectivity index (χ3v) is 4.47. The van der Waals surface area contributed by atoms with Crippen LogP contribution in [-0.2, 0) is 19.3 Å². The zero-order chi connectivity index (χ0) is 18.6. The molecule has 0 radical (unpaired) electrons. The van der Waals surface area contributed by atoms with Gasteiger partial charge in [-0.15, -0.1) is 5.10 Å². The molecule has 2 aromatic rings. The monoisotopic (exact) mass is 369 g/mol. The second kappa shape index (κ2) is 7.98. The Kier molecular flexibility index (Phi) is 5.70. The predicted octanol–water partition coefficient (Wildman–Crippen LogP) is 2.21. The van der Waals surface area contributed by atoms with Gasteiger partial charge >= 0.3 is 6.18 Å². The Labute approximate surface area is 149 Å². The lowest BCUT2D eigenvalue weighted by Crippen LogP contribution is -2.46. The first kappa shape index (κ1) is 18.6. The van der Waals surface area contributed by atoms with Crippen molar-refractivity contribution in [2.45, 2.75) is 39.0 Å². The third kappa shape index (κ3) is 4.48. The van der Waals surface area contributed by atoms with Crippen LogP contribution in [0.5, 0.6) is 0 Å². The number of nitrogens with zero attached hydrogens (tertiary/aromatic N) is 7. The number of pyridine rings is 1. The molecule has 0 bridgehead atoms. The number of halogens is 3. The van der Waals surface area contributed by atoms with E-state index >= 15 is 0 Å². The number of aryl methyl sites for hydroxylation is 1. The first-order valence-electron chi connectivity index (χ1n) is 8.73. The number of anilines is 1. The SMILES string of the molecule is CCCCn1nnnc1CN1CCN(c2ccc(C(F)(F)F)cn2)CC1. The number of tetrazole rings is 1. The minimum atomic E-state index is -4.36. The summed E-state index contributed by atoms with van der Waals surface area (Å²) in [5.74, 6) is 1.42. The minimum Gasteiger partial charge on any atom is -0.354 e. The highest BCUT2D eigenvalue weighted by atomic mass is 19.4. The van der Waals surface area contributed by atoms with Gasteiger partial charge in [0.15, 0.2) is 5.82 Å². The standard InChI is InChI=1S/C16H22F3N7/c1-2-3-6-26-15(21-22-23-26)12-24-7-9-25(10-8-24)14-5-4-13(11-20-14)16(17,18)19/h4-5,11H,2-3,6-10,12H2,1H3. The average molecular weight is 369 g/mol. The normalized spacial score (nSPS) is 16.2. The Hall–Kier alpha value is -2.23. The summed E-state index contributed by atoms with van der Waals surface area (Å²) in [4.78, 5) is 8.21. The number of rotatable bonds is 6. The quantitative estimate of drug-likeness (QED) is 0.778. The molecule has 1 saturated heterocycles. The predicted molar refractivity (Wildman–Crippen MR) is 89.5 cm³/mol. The minimum absolute atomic E-state index is 0.574. The summed E-state index contributed by atoms with van der Waals surface area (Å²) in [7, 11) is 0. The molecular formula is C16H22F3N7. The molecule has 0 aliphatic carbocycles. The molecule has 2 aromatic heterocycles. The molecule has 1 aliphatic rings. The highest BCUT2D eigenvalue weighted by molar-refractivity contribution is 5.40. The van der Waals surface area contributed by atoms with Gasteiger partial charge in [-0.05, 0) is 29.0 Å². The van der Waals surface area contributed by atoms with Crippen molar-refractivity contribution < 1.29 is 13.2 Å². The van der Waals surface area contributed by atoms with E-state index in [0.717, 1.165) is 50.6 Å². The van der Waals surface area contributed by atoms with Crippen molar-refractivity contribution in [2.75, 3.05) is 31.1 Å². The van der Waals surface area contributed by atoms with Gasteiger partial charge in [-0.3, -0.25) is 4.90 Å². The third-order valence-electron chi connectivity index (χ3n) is 4.47. The summed E-state index contributed by atoms with van der Waals surface area (Å²) in [6, 6.07) is 2.51. The van der Waals surface area contributed by atoms with E-state index in [2.05, 4.69) is 32.3 Å². The number of hydrogen-bond donors (Lipinski definition) is 0. The Morgan fingerprint density at radius 3 is 2.50 bits per heavy atom. The zero-order valence-corrected chi connectivity index (χ0v) is 14.7. The van der Waals surface area contributed by atoms with E-state index in [4.69, 9.17) is 0 Å². The van der Waals surface area contributed by atoms with Crippen LogP contribution in [0.3, 0.4) is 0 Å². The molecule has 142 valence electrons. The van der Waals surface area contributed by atoms with Gasteiger partial charge in [-0.1, -0.05) is 13.3 Å². The van der Waals surface area contributed by atoms with Crippen LogP contribution in [-0.4, -0.2) is 56.3 Å². The molecule has 0 unspecified atom stereocenters. The molecule has 3 heterocycles. The number of unbranched alkanes of at least 4 members (excludes halogenated alkanes) is 1. The number of aromatic nitrogens is 5. The number of piperazine rings is 1. The highest BCUT2D eigenvalue weighted by Crippen LogP contribution is 2.29. The van der Waals surface area contributed by atoms with Crippen LogP contribution in [0, 0.1) is 0 Å². The lowest BCUT2D eigenvalue weighted by atomic mass is 10.2. The van der Waals surface area contributed by atoms with Gasteiger partial charge in [0.1, 0.15) is 5.82 Å². The van der Waals surface area contributed by atoms with Crippen molar-refractivity contribution in [3.05, 3.63) is 29.7 Å². The van der Waals surface area contributed by atoms with Gasteiger partial charge in [0.05, 0.1) is 12.1 Å². The van der Waals surface area contributed by atoms with E-state index in [1.54, 1.807) is 0 Å². The molecule has 0 aromatic carbocycles. The molecular weight excluding hydrogens is 347 g/mol. The number of alkyl halides is 3. The summed E-state index contributed by atoms with van der Waals surface area (Å²) in [6.07, 6.45) is -1.35. The molecule has 0 amide bonds. The van der Waals surface area contributed by atoms with Crippen molar-refractivity contribution in [3.8, 4) is 0 Å². The maximum atomic E-state index is 12.6. The fraction of sp³-hybridized carbons (Fsp3) is 0.625. The van der Waals surface area contributed by atoms with E-state index in [9.17, 15) is 13.2 Å². The van der Waals surface area contributed by atoms with Crippen LogP contribution in [0.15, 0.2) is 18.3 Å². The lowest BCUT2D eigenvalue weighted by molar-refractivity contribution is -0.137. The van der Waals surface area contributed by atoms with Crippen LogP contribution < -0.4 is 4.90 Å². The molecule has 0 atom stereocenters. The van der Waals surface area contributed by atoms with Crippen molar-refractivity contribution in [1.29, 1.82) is 0 Å². The molecule has 0 spiro atoms. The molecule has 10 heteroatoms. The molecule has 1 aliphatic heterocycles. The lowest BCUT2D eigenvalue weighted by Gasteiger charge is -2.35. The molecule has 3 rings (SSSR count). The van der Waals surface area contributed by atoms with Crippen LogP contribution >= 0.6 is 0 Å². The second-order valence-electron chi connectivity index (χ2n) is 6.34. The number of hydrogen-bond acceptors (Lipinski definition) is 6. The Balaban J connectivity index is 1.54. The smallest absolute Gasteiger partial charge is 0.354 e. The first-order chi connectivity index (χ1) is 12.5.